The van der Waals surface area contributed by atoms with Gasteiger partial charge in [-0.3, -0.25) is 0 Å². The van der Waals surface area contributed by atoms with Crippen LogP contribution in [-0.2, 0) is 0 Å². The minimum absolute atomic E-state index is 0.0665. The fourth-order valence-electron chi connectivity index (χ4n) is 2.11. The summed E-state index contributed by atoms with van der Waals surface area (Å²) in [5.41, 5.74) is 0.537. The number of hydrogen-bond donors (Lipinski definition) is 0. The second-order valence-electron chi connectivity index (χ2n) is 5.27. The molecule has 122 valence electrons. The summed E-state index contributed by atoms with van der Waals surface area (Å²) >= 11 is 5.53. The van der Waals surface area contributed by atoms with Gasteiger partial charge in [-0.05, 0) is 30.2 Å². The zero-order valence-electron chi connectivity index (χ0n) is 12.4. The van der Waals surface area contributed by atoms with Crippen LogP contribution in [0.2, 0.25) is 0 Å². The quantitative estimate of drug-likeness (QED) is 0.671. The molecule has 1 heterocycles. The molecule has 22 heavy (non-hydrogen) atoms. The van der Waals surface area contributed by atoms with E-state index in [1.165, 1.54) is 12.1 Å². The molecule has 0 aliphatic carbocycles. The van der Waals surface area contributed by atoms with Crippen molar-refractivity contribution >= 4 is 17.7 Å². The molecule has 0 saturated heterocycles. The van der Waals surface area contributed by atoms with Gasteiger partial charge in [0, 0.05) is 11.6 Å². The Morgan fingerprint density at radius 1 is 1.27 bits per heavy atom. The van der Waals surface area contributed by atoms with Crippen molar-refractivity contribution in [1.29, 1.82) is 0 Å². The molecule has 1 aliphatic heterocycles. The van der Waals surface area contributed by atoms with E-state index in [1.807, 2.05) is 0 Å². The predicted molar refractivity (Wildman–Crippen MR) is 80.3 cm³/mol. The Bertz CT molecular complexity index is 553. The van der Waals surface area contributed by atoms with Crippen molar-refractivity contribution in [3.8, 4) is 11.5 Å². The van der Waals surface area contributed by atoms with E-state index in [0.29, 0.717) is 23.8 Å². The molecule has 0 fully saturated rings. The largest absolute Gasteiger partial charge is 0.493 e. The summed E-state index contributed by atoms with van der Waals surface area (Å²) in [5.74, 6) is 0.957. The van der Waals surface area contributed by atoms with Crippen LogP contribution in [0.15, 0.2) is 24.3 Å². The van der Waals surface area contributed by atoms with Gasteiger partial charge >= 0.3 is 6.18 Å². The fraction of sp³-hybridized carbons (Fsp3) is 0.500. The monoisotopic (exact) mass is 334 g/mol. The van der Waals surface area contributed by atoms with Gasteiger partial charge in [-0.15, -0.1) is 0 Å². The van der Waals surface area contributed by atoms with Crippen molar-refractivity contribution in [1.82, 2.24) is 0 Å². The maximum atomic E-state index is 12.9. The van der Waals surface area contributed by atoms with Crippen LogP contribution >= 0.6 is 11.6 Å². The highest BCUT2D eigenvalue weighted by molar-refractivity contribution is 6.25. The van der Waals surface area contributed by atoms with Crippen molar-refractivity contribution in [2.24, 2.45) is 5.92 Å². The molecule has 6 heteroatoms. The van der Waals surface area contributed by atoms with Crippen molar-refractivity contribution in [2.45, 2.75) is 37.9 Å². The Labute approximate surface area is 132 Å². The summed E-state index contributed by atoms with van der Waals surface area (Å²) in [4.78, 5) is 0. The molecule has 1 aromatic carbocycles. The molecule has 1 unspecified atom stereocenters. The van der Waals surface area contributed by atoms with Crippen molar-refractivity contribution in [3.05, 3.63) is 29.8 Å². The number of halogens is 4. The van der Waals surface area contributed by atoms with E-state index in [2.05, 4.69) is 13.8 Å². The molecule has 0 saturated carbocycles. The lowest BCUT2D eigenvalue weighted by atomic mass is 10.1. The molecular formula is C16H18ClF3O2. The summed E-state index contributed by atoms with van der Waals surface area (Å²) in [6.07, 6.45) is -0.611. The predicted octanol–water partition coefficient (Wildman–Crippen LogP) is 5.40. The van der Waals surface area contributed by atoms with E-state index in [0.717, 1.165) is 18.9 Å². The highest BCUT2D eigenvalue weighted by Gasteiger charge is 2.56. The van der Waals surface area contributed by atoms with Gasteiger partial charge in [0.1, 0.15) is 11.5 Å². The normalized spacial score (nSPS) is 20.7. The number of hydrogen-bond acceptors (Lipinski definition) is 2. The van der Waals surface area contributed by atoms with Crippen LogP contribution in [0.1, 0.15) is 32.3 Å². The molecule has 0 spiro atoms. The molecule has 0 amide bonds. The third-order valence-electron chi connectivity index (χ3n) is 3.75. The first-order valence-corrected chi connectivity index (χ1v) is 7.57. The highest BCUT2D eigenvalue weighted by Crippen LogP contribution is 2.44. The topological polar surface area (TPSA) is 18.5 Å². The third-order valence-corrected chi connectivity index (χ3v) is 4.17. The Kier molecular flexibility index (Phi) is 4.95. The summed E-state index contributed by atoms with van der Waals surface area (Å²) in [6.45, 7) is 4.67. The maximum absolute atomic E-state index is 12.9. The van der Waals surface area contributed by atoms with Gasteiger partial charge in [0.15, 0.2) is 0 Å². The van der Waals surface area contributed by atoms with E-state index in [4.69, 9.17) is 21.1 Å². The molecule has 2 nitrogen and oxygen atoms in total. The average molecular weight is 335 g/mol. The van der Waals surface area contributed by atoms with Crippen LogP contribution in [0.5, 0.6) is 11.5 Å². The van der Waals surface area contributed by atoms with Crippen LogP contribution in [0, 0.1) is 5.92 Å². The molecule has 1 aliphatic rings. The highest BCUT2D eigenvalue weighted by atomic mass is 35.5. The summed E-state index contributed by atoms with van der Waals surface area (Å²) in [7, 11) is 0. The van der Waals surface area contributed by atoms with Gasteiger partial charge in [-0.1, -0.05) is 38.3 Å². The zero-order chi connectivity index (χ0) is 16.4. The number of rotatable bonds is 5. The van der Waals surface area contributed by atoms with Gasteiger partial charge in [0.05, 0.1) is 6.61 Å². The lowest BCUT2D eigenvalue weighted by molar-refractivity contribution is -0.197. The lowest BCUT2D eigenvalue weighted by Crippen LogP contribution is -2.44. The average Bonchev–Trinajstić information content (AvgIpc) is 2.46. The molecule has 0 bridgehead atoms. The summed E-state index contributed by atoms with van der Waals surface area (Å²) in [6, 6.07) is 4.81. The minimum Gasteiger partial charge on any atom is -0.493 e. The Hall–Kier alpha value is -1.36. The van der Waals surface area contributed by atoms with Gasteiger partial charge in [-0.2, -0.15) is 13.2 Å². The Balaban J connectivity index is 2.16. The molecule has 1 atom stereocenters. The van der Waals surface area contributed by atoms with Crippen LogP contribution in [-0.4, -0.2) is 17.8 Å². The molecular weight excluding hydrogens is 317 g/mol. The van der Waals surface area contributed by atoms with Gasteiger partial charge in [0.25, 0.3) is 5.06 Å². The molecule has 2 rings (SSSR count). The van der Waals surface area contributed by atoms with Crippen molar-refractivity contribution in [3.63, 3.8) is 0 Å². The number of alkyl halides is 4. The fourth-order valence-corrected chi connectivity index (χ4v) is 2.26. The first-order valence-electron chi connectivity index (χ1n) is 7.19. The van der Waals surface area contributed by atoms with Crippen LogP contribution in [0.4, 0.5) is 13.2 Å². The first kappa shape index (κ1) is 17.0. The second-order valence-corrected chi connectivity index (χ2v) is 5.83. The standard InChI is InChI=1S/C16H18ClF3O2/c1-3-11(4-2)10-21-13-6-5-12-7-8-15(17,16(18,19)20)22-14(12)9-13/h5-9,11H,3-4,10H2,1-2H3. The van der Waals surface area contributed by atoms with Crippen molar-refractivity contribution in [2.75, 3.05) is 6.61 Å². The van der Waals surface area contributed by atoms with Gasteiger partial charge in [-0.25, -0.2) is 0 Å². The maximum Gasteiger partial charge on any atom is 0.447 e. The number of benzene rings is 1. The Morgan fingerprint density at radius 2 is 1.95 bits per heavy atom. The summed E-state index contributed by atoms with van der Waals surface area (Å²) in [5, 5.41) is -2.83. The van der Waals surface area contributed by atoms with E-state index in [9.17, 15) is 13.2 Å². The first-order chi connectivity index (χ1) is 10.3. The Morgan fingerprint density at radius 3 is 2.55 bits per heavy atom. The van der Waals surface area contributed by atoms with Gasteiger partial charge < -0.3 is 9.47 Å². The van der Waals surface area contributed by atoms with E-state index >= 15 is 0 Å². The molecule has 1 aromatic rings. The minimum atomic E-state index is -4.70. The van der Waals surface area contributed by atoms with Crippen LogP contribution in [0.3, 0.4) is 0 Å². The number of ether oxygens (including phenoxy) is 2. The smallest absolute Gasteiger partial charge is 0.447 e. The van der Waals surface area contributed by atoms with E-state index in [-0.39, 0.29) is 5.75 Å². The van der Waals surface area contributed by atoms with Crippen molar-refractivity contribution < 1.29 is 22.6 Å². The van der Waals surface area contributed by atoms with Crippen LogP contribution < -0.4 is 9.47 Å². The van der Waals surface area contributed by atoms with E-state index in [1.54, 1.807) is 12.1 Å². The zero-order valence-corrected chi connectivity index (χ0v) is 13.2. The number of fused-ring (bicyclic) bond motifs is 1. The molecule has 0 N–H and O–H groups in total. The van der Waals surface area contributed by atoms with Gasteiger partial charge in [0.2, 0.25) is 0 Å². The summed E-state index contributed by atoms with van der Waals surface area (Å²) < 4.78 is 49.4. The third kappa shape index (κ3) is 3.51. The molecule has 0 radical (unpaired) electrons. The van der Waals surface area contributed by atoms with Crippen LogP contribution in [0.25, 0.3) is 6.08 Å². The SMILES string of the molecule is CCC(CC)COc1ccc2c(c1)OC(Cl)(C(F)(F)F)C=C2. The van der Waals surface area contributed by atoms with E-state index < -0.39 is 11.2 Å². The lowest BCUT2D eigenvalue weighted by Gasteiger charge is -2.31. The molecule has 0 aromatic heterocycles. The second kappa shape index (κ2) is 6.41.